The second-order valence-electron chi connectivity index (χ2n) is 4.35. The maximum absolute atomic E-state index is 12.3. The minimum absolute atomic E-state index is 0. The molecule has 0 atom stereocenters. The molecule has 0 spiro atoms. The van der Waals surface area contributed by atoms with Crippen molar-refractivity contribution < 1.29 is 18.3 Å². The average Bonchev–Trinajstić information content (AvgIpc) is 2.36. The number of halogens is 3. The Balaban J connectivity index is 0.00000400. The summed E-state index contributed by atoms with van der Waals surface area (Å²) in [6, 6.07) is 4.69. The van der Waals surface area contributed by atoms with Crippen LogP contribution in [-0.2, 0) is 6.54 Å². The van der Waals surface area contributed by atoms with Gasteiger partial charge >= 0.3 is 6.61 Å². The van der Waals surface area contributed by atoms with E-state index in [0.29, 0.717) is 11.3 Å². The van der Waals surface area contributed by atoms with Gasteiger partial charge in [0.2, 0.25) is 0 Å². The summed E-state index contributed by atoms with van der Waals surface area (Å²) in [5.74, 6) is 0.833. The molecule has 0 aliphatic carbocycles. The van der Waals surface area contributed by atoms with Crippen LogP contribution in [0.2, 0.25) is 0 Å². The Labute approximate surface area is 139 Å². The highest BCUT2D eigenvalue weighted by Gasteiger charge is 2.11. The van der Waals surface area contributed by atoms with Crippen LogP contribution in [0.4, 0.5) is 8.78 Å². The van der Waals surface area contributed by atoms with Gasteiger partial charge in [0.1, 0.15) is 11.5 Å². The average molecular weight is 415 g/mol. The fourth-order valence-corrected chi connectivity index (χ4v) is 1.53. The van der Waals surface area contributed by atoms with Crippen molar-refractivity contribution in [1.82, 2.24) is 5.32 Å². The molecule has 0 bridgehead atoms. The summed E-state index contributed by atoms with van der Waals surface area (Å²) in [6.45, 7) is 1.06. The molecule has 1 rings (SSSR count). The number of ether oxygens (including phenoxy) is 2. The molecule has 0 saturated carbocycles. The molecule has 0 fully saturated rings. The highest BCUT2D eigenvalue weighted by atomic mass is 127. The second kappa shape index (κ2) is 9.59. The molecule has 0 aromatic heterocycles. The van der Waals surface area contributed by atoms with Crippen LogP contribution in [-0.4, -0.2) is 25.7 Å². The van der Waals surface area contributed by atoms with E-state index in [0.717, 1.165) is 0 Å². The van der Waals surface area contributed by atoms with Gasteiger partial charge in [0.15, 0.2) is 5.96 Å². The molecule has 1 aromatic carbocycles. The van der Waals surface area contributed by atoms with Crippen LogP contribution >= 0.6 is 24.0 Å². The molecule has 21 heavy (non-hydrogen) atoms. The third-order valence-electron chi connectivity index (χ3n) is 2.34. The van der Waals surface area contributed by atoms with E-state index in [1.165, 1.54) is 13.2 Å². The number of nitrogens with one attached hydrogen (secondary N) is 1. The van der Waals surface area contributed by atoms with Gasteiger partial charge in [0.25, 0.3) is 0 Å². The first kappa shape index (κ1) is 19.7. The van der Waals surface area contributed by atoms with Crippen molar-refractivity contribution in [3.8, 4) is 11.5 Å². The molecule has 0 saturated heterocycles. The zero-order chi connectivity index (χ0) is 15.1. The molecule has 120 valence electrons. The predicted octanol–water partition coefficient (Wildman–Crippen LogP) is 2.73. The minimum Gasteiger partial charge on any atom is -0.497 e. The number of nitrogens with two attached hydrogens (primary N) is 1. The molecule has 0 unspecified atom stereocenters. The zero-order valence-corrected chi connectivity index (χ0v) is 14.4. The third kappa shape index (κ3) is 7.30. The lowest BCUT2D eigenvalue weighted by Gasteiger charge is -2.12. The van der Waals surface area contributed by atoms with Gasteiger partial charge in [0.05, 0.1) is 13.7 Å². The number of rotatable bonds is 6. The van der Waals surface area contributed by atoms with Gasteiger partial charge in [-0.15, -0.1) is 24.0 Å². The van der Waals surface area contributed by atoms with Crippen LogP contribution in [0.1, 0.15) is 19.4 Å². The Morgan fingerprint density at radius 2 is 2.05 bits per heavy atom. The van der Waals surface area contributed by atoms with Crippen LogP contribution in [0.5, 0.6) is 11.5 Å². The first-order valence-electron chi connectivity index (χ1n) is 6.10. The van der Waals surface area contributed by atoms with E-state index in [2.05, 4.69) is 15.0 Å². The summed E-state index contributed by atoms with van der Waals surface area (Å²) < 4.78 is 34.1. The van der Waals surface area contributed by atoms with Gasteiger partial charge in [-0.1, -0.05) is 0 Å². The number of benzene rings is 1. The fourth-order valence-electron chi connectivity index (χ4n) is 1.53. The zero-order valence-electron chi connectivity index (χ0n) is 12.1. The van der Waals surface area contributed by atoms with Gasteiger partial charge in [-0.2, -0.15) is 8.78 Å². The number of methoxy groups -OCH3 is 1. The van der Waals surface area contributed by atoms with Crippen LogP contribution < -0.4 is 20.5 Å². The van der Waals surface area contributed by atoms with Gasteiger partial charge in [-0.05, 0) is 32.0 Å². The van der Waals surface area contributed by atoms with Crippen molar-refractivity contribution in [3.63, 3.8) is 0 Å². The molecular weight excluding hydrogens is 395 g/mol. The molecular formula is C13H20F2IN3O2. The maximum Gasteiger partial charge on any atom is 0.387 e. The SMILES string of the molecule is COc1ccc(OC(F)F)c(CN=C(N)NC(C)C)c1.I. The summed E-state index contributed by atoms with van der Waals surface area (Å²) in [5.41, 5.74) is 6.13. The number of nitrogens with zero attached hydrogens (tertiary/aromatic N) is 1. The topological polar surface area (TPSA) is 68.9 Å². The molecule has 0 aliphatic rings. The molecule has 0 heterocycles. The Morgan fingerprint density at radius 1 is 1.38 bits per heavy atom. The Morgan fingerprint density at radius 3 is 2.57 bits per heavy atom. The van der Waals surface area contributed by atoms with Crippen molar-refractivity contribution >= 4 is 29.9 Å². The Hall–Kier alpha value is -1.32. The minimum atomic E-state index is -2.89. The van der Waals surface area contributed by atoms with Crippen molar-refractivity contribution in [2.24, 2.45) is 10.7 Å². The van der Waals surface area contributed by atoms with E-state index in [9.17, 15) is 8.78 Å². The maximum atomic E-state index is 12.3. The number of hydrogen-bond donors (Lipinski definition) is 2. The molecule has 3 N–H and O–H groups in total. The molecule has 5 nitrogen and oxygen atoms in total. The normalized spacial score (nSPS) is 11.3. The van der Waals surface area contributed by atoms with E-state index in [-0.39, 0.29) is 48.3 Å². The fraction of sp³-hybridized carbons (Fsp3) is 0.462. The molecule has 0 aliphatic heterocycles. The summed E-state index contributed by atoms with van der Waals surface area (Å²) in [6.07, 6.45) is 0. The monoisotopic (exact) mass is 415 g/mol. The highest BCUT2D eigenvalue weighted by molar-refractivity contribution is 14.0. The second-order valence-corrected chi connectivity index (χ2v) is 4.35. The lowest BCUT2D eigenvalue weighted by atomic mass is 10.2. The number of alkyl halides is 2. The van der Waals surface area contributed by atoms with Crippen LogP contribution in [0.25, 0.3) is 0 Å². The summed E-state index contributed by atoms with van der Waals surface area (Å²) in [5, 5.41) is 2.91. The van der Waals surface area contributed by atoms with Crippen molar-refractivity contribution in [3.05, 3.63) is 23.8 Å². The van der Waals surface area contributed by atoms with E-state index >= 15 is 0 Å². The van der Waals surface area contributed by atoms with Crippen LogP contribution in [0.15, 0.2) is 23.2 Å². The van der Waals surface area contributed by atoms with Crippen LogP contribution in [0.3, 0.4) is 0 Å². The lowest BCUT2D eigenvalue weighted by molar-refractivity contribution is -0.0504. The Bertz CT molecular complexity index is 471. The quantitative estimate of drug-likeness (QED) is 0.426. The number of aliphatic imine (C=N–C) groups is 1. The van der Waals surface area contributed by atoms with Gasteiger partial charge < -0.3 is 20.5 Å². The number of hydrogen-bond acceptors (Lipinski definition) is 3. The molecule has 0 radical (unpaired) electrons. The molecule has 0 amide bonds. The largest absolute Gasteiger partial charge is 0.497 e. The van der Waals surface area contributed by atoms with Crippen LogP contribution in [0, 0.1) is 0 Å². The lowest BCUT2D eigenvalue weighted by Crippen LogP contribution is -2.36. The van der Waals surface area contributed by atoms with E-state index in [1.807, 2.05) is 13.8 Å². The highest BCUT2D eigenvalue weighted by Crippen LogP contribution is 2.26. The van der Waals surface area contributed by atoms with Gasteiger partial charge in [-0.3, -0.25) is 0 Å². The first-order chi connectivity index (χ1) is 9.42. The third-order valence-corrected chi connectivity index (χ3v) is 2.34. The van der Waals surface area contributed by atoms with Crippen molar-refractivity contribution in [1.29, 1.82) is 0 Å². The summed E-state index contributed by atoms with van der Waals surface area (Å²) in [4.78, 5) is 4.08. The summed E-state index contributed by atoms with van der Waals surface area (Å²) >= 11 is 0. The summed E-state index contributed by atoms with van der Waals surface area (Å²) in [7, 11) is 1.49. The molecule has 1 aromatic rings. The predicted molar refractivity (Wildman–Crippen MR) is 88.6 cm³/mol. The first-order valence-corrected chi connectivity index (χ1v) is 6.10. The Kier molecular flexibility index (Phi) is 8.98. The van der Waals surface area contributed by atoms with E-state index in [1.54, 1.807) is 12.1 Å². The number of guanidine groups is 1. The van der Waals surface area contributed by atoms with E-state index in [4.69, 9.17) is 10.5 Å². The van der Waals surface area contributed by atoms with Crippen molar-refractivity contribution in [2.75, 3.05) is 7.11 Å². The standard InChI is InChI=1S/C13H19F2N3O2.HI/c1-8(2)18-13(16)17-7-9-6-10(19-3)4-5-11(9)20-12(14)15;/h4-6,8,12H,7H2,1-3H3,(H3,16,17,18);1H. The smallest absolute Gasteiger partial charge is 0.387 e. The van der Waals surface area contributed by atoms with E-state index < -0.39 is 6.61 Å². The molecule has 8 heteroatoms. The van der Waals surface area contributed by atoms with Gasteiger partial charge in [0, 0.05) is 11.6 Å². The van der Waals surface area contributed by atoms with Crippen molar-refractivity contribution in [2.45, 2.75) is 33.0 Å². The van der Waals surface area contributed by atoms with Gasteiger partial charge in [-0.25, -0.2) is 4.99 Å².